The number of hydrogen-bond acceptors (Lipinski definition) is 3. The Morgan fingerprint density at radius 1 is 1.33 bits per heavy atom. The minimum absolute atomic E-state index is 0.152. The summed E-state index contributed by atoms with van der Waals surface area (Å²) in [4.78, 5) is 19.8. The third-order valence-electron chi connectivity index (χ3n) is 3.52. The highest BCUT2D eigenvalue weighted by Gasteiger charge is 2.17. The minimum atomic E-state index is -0.165. The van der Waals surface area contributed by atoms with Crippen LogP contribution in [0.15, 0.2) is 18.3 Å². The molecule has 0 aliphatic rings. The van der Waals surface area contributed by atoms with E-state index in [9.17, 15) is 9.90 Å². The van der Waals surface area contributed by atoms with Gasteiger partial charge in [-0.15, -0.1) is 0 Å². The predicted molar refractivity (Wildman–Crippen MR) is 81.4 cm³/mol. The minimum Gasteiger partial charge on any atom is -0.507 e. The van der Waals surface area contributed by atoms with Gasteiger partial charge in [0.15, 0.2) is 0 Å². The maximum Gasteiger partial charge on any atom is 0.251 e. The van der Waals surface area contributed by atoms with Gasteiger partial charge in [-0.25, -0.2) is 4.98 Å². The van der Waals surface area contributed by atoms with Crippen molar-refractivity contribution in [2.45, 2.75) is 40.2 Å². The SMILES string of the molecule is CCC(NC(=O)c1cc(C)c(O)c(C)c1)c1ncc(C)[nH]1. The summed E-state index contributed by atoms with van der Waals surface area (Å²) in [6.45, 7) is 7.49. The summed E-state index contributed by atoms with van der Waals surface area (Å²) < 4.78 is 0. The van der Waals surface area contributed by atoms with Crippen LogP contribution in [0.1, 0.15) is 52.4 Å². The van der Waals surface area contributed by atoms with Crippen molar-refractivity contribution in [2.75, 3.05) is 0 Å². The van der Waals surface area contributed by atoms with Crippen LogP contribution >= 0.6 is 0 Å². The molecule has 1 amide bonds. The number of phenolic OH excluding ortho intramolecular Hbond substituents is 1. The number of nitrogens with one attached hydrogen (secondary N) is 2. The molecular formula is C16H21N3O2. The number of phenols is 1. The molecule has 5 heteroatoms. The fourth-order valence-electron chi connectivity index (χ4n) is 2.30. The second-order valence-electron chi connectivity index (χ2n) is 5.34. The lowest BCUT2D eigenvalue weighted by Crippen LogP contribution is -2.29. The third kappa shape index (κ3) is 3.24. The van der Waals surface area contributed by atoms with Crippen molar-refractivity contribution < 1.29 is 9.90 Å². The highest BCUT2D eigenvalue weighted by molar-refractivity contribution is 5.95. The third-order valence-corrected chi connectivity index (χ3v) is 3.52. The largest absolute Gasteiger partial charge is 0.507 e. The van der Waals surface area contributed by atoms with Gasteiger partial charge in [0.25, 0.3) is 5.91 Å². The summed E-state index contributed by atoms with van der Waals surface area (Å²) in [5.41, 5.74) is 2.91. The van der Waals surface area contributed by atoms with Crippen LogP contribution in [0.5, 0.6) is 5.75 Å². The average molecular weight is 287 g/mol. The number of rotatable bonds is 4. The lowest BCUT2D eigenvalue weighted by atomic mass is 10.0. The van der Waals surface area contributed by atoms with Crippen molar-refractivity contribution in [3.8, 4) is 5.75 Å². The van der Waals surface area contributed by atoms with Crippen molar-refractivity contribution in [1.29, 1.82) is 0 Å². The van der Waals surface area contributed by atoms with Crippen LogP contribution in [0.3, 0.4) is 0 Å². The summed E-state index contributed by atoms with van der Waals surface area (Å²) in [5.74, 6) is 0.831. The summed E-state index contributed by atoms with van der Waals surface area (Å²) in [5, 5.41) is 12.7. The van der Waals surface area contributed by atoms with E-state index in [1.54, 1.807) is 32.2 Å². The van der Waals surface area contributed by atoms with E-state index in [-0.39, 0.29) is 17.7 Å². The number of hydrogen-bond donors (Lipinski definition) is 3. The summed E-state index contributed by atoms with van der Waals surface area (Å²) in [6.07, 6.45) is 2.49. The van der Waals surface area contributed by atoms with Crippen LogP contribution in [0.4, 0.5) is 0 Å². The number of nitrogens with zero attached hydrogens (tertiary/aromatic N) is 1. The monoisotopic (exact) mass is 287 g/mol. The normalized spacial score (nSPS) is 12.2. The van der Waals surface area contributed by atoms with Gasteiger partial charge in [-0.1, -0.05) is 6.92 Å². The average Bonchev–Trinajstić information content (AvgIpc) is 2.87. The number of imidazole rings is 1. The molecular weight excluding hydrogens is 266 g/mol. The predicted octanol–water partition coefficient (Wildman–Crippen LogP) is 2.92. The fraction of sp³-hybridized carbons (Fsp3) is 0.375. The highest BCUT2D eigenvalue weighted by Crippen LogP contribution is 2.23. The molecule has 1 heterocycles. The molecule has 0 saturated heterocycles. The number of benzene rings is 1. The smallest absolute Gasteiger partial charge is 0.251 e. The first kappa shape index (κ1) is 15.1. The zero-order valence-electron chi connectivity index (χ0n) is 12.8. The first-order valence-corrected chi connectivity index (χ1v) is 7.05. The van der Waals surface area contributed by atoms with Crippen LogP contribution in [-0.4, -0.2) is 21.0 Å². The van der Waals surface area contributed by atoms with Gasteiger partial charge in [0, 0.05) is 17.5 Å². The van der Waals surface area contributed by atoms with Crippen molar-refractivity contribution in [2.24, 2.45) is 0 Å². The number of aryl methyl sites for hydroxylation is 3. The first-order valence-electron chi connectivity index (χ1n) is 7.05. The molecule has 21 heavy (non-hydrogen) atoms. The molecule has 5 nitrogen and oxygen atoms in total. The van der Waals surface area contributed by atoms with E-state index in [1.807, 2.05) is 13.8 Å². The second kappa shape index (κ2) is 5.99. The summed E-state index contributed by atoms with van der Waals surface area (Å²) >= 11 is 0. The van der Waals surface area contributed by atoms with E-state index in [0.717, 1.165) is 17.9 Å². The zero-order valence-corrected chi connectivity index (χ0v) is 12.8. The van der Waals surface area contributed by atoms with Crippen LogP contribution in [-0.2, 0) is 0 Å². The number of aromatic amines is 1. The molecule has 0 aliphatic carbocycles. The Balaban J connectivity index is 2.20. The number of amides is 1. The van der Waals surface area contributed by atoms with Gasteiger partial charge < -0.3 is 15.4 Å². The standard InChI is InChI=1S/C16H21N3O2/c1-5-13(15-17-8-11(4)18-15)19-16(21)12-6-9(2)14(20)10(3)7-12/h6-8,13,20H,5H2,1-4H3,(H,17,18)(H,19,21). The van der Waals surface area contributed by atoms with E-state index in [0.29, 0.717) is 16.7 Å². The van der Waals surface area contributed by atoms with Gasteiger partial charge in [-0.2, -0.15) is 0 Å². The molecule has 2 aromatic rings. The van der Waals surface area contributed by atoms with Gasteiger partial charge in [0.1, 0.15) is 11.6 Å². The quantitative estimate of drug-likeness (QED) is 0.809. The number of carbonyl (C=O) groups excluding carboxylic acids is 1. The van der Waals surface area contributed by atoms with Gasteiger partial charge in [-0.05, 0) is 50.5 Å². The summed E-state index contributed by atoms with van der Waals surface area (Å²) in [6, 6.07) is 3.23. The molecule has 0 saturated carbocycles. The maximum atomic E-state index is 12.4. The van der Waals surface area contributed by atoms with Crippen molar-refractivity contribution in [3.63, 3.8) is 0 Å². The van der Waals surface area contributed by atoms with Gasteiger partial charge in [0.2, 0.25) is 0 Å². The highest BCUT2D eigenvalue weighted by atomic mass is 16.3. The number of aromatic hydroxyl groups is 1. The Labute approximate surface area is 124 Å². The molecule has 0 spiro atoms. The van der Waals surface area contributed by atoms with E-state index in [4.69, 9.17) is 0 Å². The van der Waals surface area contributed by atoms with E-state index >= 15 is 0 Å². The van der Waals surface area contributed by atoms with Crippen molar-refractivity contribution in [1.82, 2.24) is 15.3 Å². The first-order chi connectivity index (χ1) is 9.92. The number of carbonyl (C=O) groups is 1. The Hall–Kier alpha value is -2.30. The Bertz CT molecular complexity index is 638. The molecule has 0 aliphatic heterocycles. The number of H-pyrrole nitrogens is 1. The van der Waals surface area contributed by atoms with Crippen molar-refractivity contribution in [3.05, 3.63) is 46.5 Å². The Morgan fingerprint density at radius 3 is 2.43 bits per heavy atom. The molecule has 0 radical (unpaired) electrons. The van der Waals surface area contributed by atoms with Crippen LogP contribution in [0.25, 0.3) is 0 Å². The molecule has 2 rings (SSSR count). The molecule has 0 bridgehead atoms. The van der Waals surface area contributed by atoms with Gasteiger partial charge in [0.05, 0.1) is 6.04 Å². The molecule has 1 unspecified atom stereocenters. The zero-order chi connectivity index (χ0) is 15.6. The molecule has 0 fully saturated rings. The van der Waals surface area contributed by atoms with Crippen molar-refractivity contribution >= 4 is 5.91 Å². The molecule has 3 N–H and O–H groups in total. The van der Waals surface area contributed by atoms with E-state index in [1.165, 1.54) is 0 Å². The maximum absolute atomic E-state index is 12.4. The summed E-state index contributed by atoms with van der Waals surface area (Å²) in [7, 11) is 0. The molecule has 1 aromatic heterocycles. The van der Waals surface area contributed by atoms with Crippen LogP contribution in [0.2, 0.25) is 0 Å². The topological polar surface area (TPSA) is 78.0 Å². The lowest BCUT2D eigenvalue weighted by molar-refractivity contribution is 0.0933. The molecule has 1 aromatic carbocycles. The van der Waals surface area contributed by atoms with Crippen LogP contribution < -0.4 is 5.32 Å². The van der Waals surface area contributed by atoms with Gasteiger partial charge >= 0.3 is 0 Å². The second-order valence-corrected chi connectivity index (χ2v) is 5.34. The lowest BCUT2D eigenvalue weighted by Gasteiger charge is -2.15. The fourth-order valence-corrected chi connectivity index (χ4v) is 2.30. The molecule has 112 valence electrons. The Kier molecular flexibility index (Phi) is 4.31. The van der Waals surface area contributed by atoms with Gasteiger partial charge in [-0.3, -0.25) is 4.79 Å². The number of aromatic nitrogens is 2. The van der Waals surface area contributed by atoms with E-state index < -0.39 is 0 Å². The Morgan fingerprint density at radius 2 is 1.95 bits per heavy atom. The molecule has 1 atom stereocenters. The van der Waals surface area contributed by atoms with Crippen LogP contribution in [0, 0.1) is 20.8 Å². The van der Waals surface area contributed by atoms with E-state index in [2.05, 4.69) is 15.3 Å².